The highest BCUT2D eigenvalue weighted by Gasteiger charge is 2.13. The van der Waals surface area contributed by atoms with E-state index in [2.05, 4.69) is 0 Å². The van der Waals surface area contributed by atoms with Gasteiger partial charge in [0.05, 0.1) is 0 Å². The molecule has 5 nitrogen and oxygen atoms in total. The lowest BCUT2D eigenvalue weighted by Gasteiger charge is -2.21. The van der Waals surface area contributed by atoms with Crippen molar-refractivity contribution in [2.24, 2.45) is 0 Å². The predicted octanol–water partition coefficient (Wildman–Crippen LogP) is 0.593. The van der Waals surface area contributed by atoms with Crippen LogP contribution in [-0.4, -0.2) is 60.5 Å². The highest BCUT2D eigenvalue weighted by atomic mass is 16.4. The van der Waals surface area contributed by atoms with Gasteiger partial charge in [0, 0.05) is 19.2 Å². The van der Waals surface area contributed by atoms with Crippen LogP contribution in [0.4, 0.5) is 0 Å². The smallest absolute Gasteiger partial charge is 0.323 e. The average Bonchev–Trinajstić information content (AvgIpc) is 2.23. The van der Waals surface area contributed by atoms with E-state index in [-0.39, 0.29) is 12.5 Å². The Kier molecular flexibility index (Phi) is 7.71. The van der Waals surface area contributed by atoms with Crippen LogP contribution in [-0.2, 0) is 9.59 Å². The zero-order valence-corrected chi connectivity index (χ0v) is 10.6. The first-order chi connectivity index (χ1) is 7.97. The van der Waals surface area contributed by atoms with Gasteiger partial charge >= 0.3 is 5.97 Å². The van der Waals surface area contributed by atoms with Crippen LogP contribution in [0.2, 0.25) is 0 Å². The maximum absolute atomic E-state index is 11.7. The van der Waals surface area contributed by atoms with Gasteiger partial charge in [-0.05, 0) is 21.0 Å². The molecule has 0 aromatic carbocycles. The van der Waals surface area contributed by atoms with Crippen molar-refractivity contribution in [2.45, 2.75) is 6.92 Å². The molecule has 0 aliphatic rings. The molecule has 1 amide bonds. The van der Waals surface area contributed by atoms with Crippen molar-refractivity contribution >= 4 is 11.9 Å². The van der Waals surface area contributed by atoms with E-state index >= 15 is 0 Å². The number of nitrogens with zero attached hydrogens (tertiary/aromatic N) is 2. The molecule has 0 heterocycles. The number of hydrogen-bond acceptors (Lipinski definition) is 3. The highest BCUT2D eigenvalue weighted by molar-refractivity contribution is 5.90. The summed E-state index contributed by atoms with van der Waals surface area (Å²) in [5.74, 6) is -1.29. The second-order valence-electron chi connectivity index (χ2n) is 3.84. The van der Waals surface area contributed by atoms with Crippen molar-refractivity contribution < 1.29 is 14.7 Å². The zero-order chi connectivity index (χ0) is 13.3. The monoisotopic (exact) mass is 240 g/mol. The van der Waals surface area contributed by atoms with Crippen LogP contribution in [0.25, 0.3) is 0 Å². The second kappa shape index (κ2) is 8.52. The number of carbonyl (C=O) groups excluding carboxylic acids is 1. The summed E-state index contributed by atoms with van der Waals surface area (Å²) in [4.78, 5) is 25.5. The van der Waals surface area contributed by atoms with E-state index in [4.69, 9.17) is 5.11 Å². The molecule has 0 aromatic rings. The van der Waals surface area contributed by atoms with E-state index in [1.54, 1.807) is 18.2 Å². The molecule has 0 saturated carbocycles. The molecule has 5 heteroatoms. The van der Waals surface area contributed by atoms with E-state index in [1.807, 2.05) is 25.9 Å². The van der Waals surface area contributed by atoms with Crippen molar-refractivity contribution in [3.05, 3.63) is 24.3 Å². The molecular formula is C12H20N2O3. The van der Waals surface area contributed by atoms with Crippen LogP contribution in [0.3, 0.4) is 0 Å². The fraction of sp³-hybridized carbons (Fsp3) is 0.500. The van der Waals surface area contributed by atoms with Gasteiger partial charge < -0.3 is 14.9 Å². The summed E-state index contributed by atoms with van der Waals surface area (Å²) in [6.07, 6.45) is 6.50. The molecule has 17 heavy (non-hydrogen) atoms. The van der Waals surface area contributed by atoms with Crippen molar-refractivity contribution in [3.8, 4) is 0 Å². The van der Waals surface area contributed by atoms with E-state index in [0.717, 1.165) is 0 Å². The zero-order valence-electron chi connectivity index (χ0n) is 10.6. The first-order valence-electron chi connectivity index (χ1n) is 5.42. The lowest BCUT2D eigenvalue weighted by Crippen LogP contribution is -2.39. The fourth-order valence-electron chi connectivity index (χ4n) is 1.11. The maximum Gasteiger partial charge on any atom is 0.323 e. The van der Waals surface area contributed by atoms with Gasteiger partial charge in [0.15, 0.2) is 0 Å². The molecular weight excluding hydrogens is 220 g/mol. The first kappa shape index (κ1) is 15.4. The Hall–Kier alpha value is -1.62. The van der Waals surface area contributed by atoms with E-state index < -0.39 is 5.97 Å². The van der Waals surface area contributed by atoms with Gasteiger partial charge in [-0.25, -0.2) is 0 Å². The molecule has 0 saturated heterocycles. The summed E-state index contributed by atoms with van der Waals surface area (Å²) >= 11 is 0. The minimum absolute atomic E-state index is 0.271. The molecule has 0 aliphatic heterocycles. The van der Waals surface area contributed by atoms with E-state index in [0.29, 0.717) is 13.1 Å². The minimum Gasteiger partial charge on any atom is -0.480 e. The third-order valence-electron chi connectivity index (χ3n) is 2.00. The first-order valence-corrected chi connectivity index (χ1v) is 5.42. The molecule has 1 N–H and O–H groups in total. The summed E-state index contributed by atoms with van der Waals surface area (Å²) in [7, 11) is 3.75. The molecule has 0 aromatic heterocycles. The SMILES string of the molecule is CC=CC=CC(=O)N(CCN(C)C)CC(=O)O. The van der Waals surface area contributed by atoms with Crippen molar-refractivity contribution in [2.75, 3.05) is 33.7 Å². The summed E-state index contributed by atoms with van der Waals surface area (Å²) in [6.45, 7) is 2.61. The highest BCUT2D eigenvalue weighted by Crippen LogP contribution is 1.93. The Morgan fingerprint density at radius 1 is 1.18 bits per heavy atom. The van der Waals surface area contributed by atoms with Crippen LogP contribution >= 0.6 is 0 Å². The van der Waals surface area contributed by atoms with Gasteiger partial charge in [-0.3, -0.25) is 9.59 Å². The van der Waals surface area contributed by atoms with Crippen LogP contribution in [0, 0.1) is 0 Å². The lowest BCUT2D eigenvalue weighted by atomic mass is 10.3. The number of hydrogen-bond donors (Lipinski definition) is 1. The third kappa shape index (κ3) is 8.21. The van der Waals surface area contributed by atoms with Crippen molar-refractivity contribution in [1.82, 2.24) is 9.80 Å². The van der Waals surface area contributed by atoms with E-state index in [1.165, 1.54) is 11.0 Å². The van der Waals surface area contributed by atoms with Gasteiger partial charge in [0.25, 0.3) is 0 Å². The quantitative estimate of drug-likeness (QED) is 0.523. The number of carboxylic acid groups (broad SMARTS) is 1. The Balaban J connectivity index is 4.44. The van der Waals surface area contributed by atoms with Gasteiger partial charge in [-0.2, -0.15) is 0 Å². The molecule has 96 valence electrons. The molecule has 0 bridgehead atoms. The van der Waals surface area contributed by atoms with E-state index in [9.17, 15) is 9.59 Å². The lowest BCUT2D eigenvalue weighted by molar-refractivity contribution is -0.142. The maximum atomic E-state index is 11.7. The number of allylic oxidation sites excluding steroid dienone is 3. The number of aliphatic carboxylic acids is 1. The Morgan fingerprint density at radius 3 is 2.29 bits per heavy atom. The van der Waals surface area contributed by atoms with Crippen molar-refractivity contribution in [3.63, 3.8) is 0 Å². The average molecular weight is 240 g/mol. The fourth-order valence-corrected chi connectivity index (χ4v) is 1.11. The van der Waals surface area contributed by atoms with Gasteiger partial charge in [0.1, 0.15) is 6.54 Å². The Bertz CT molecular complexity index is 309. The number of rotatable bonds is 7. The van der Waals surface area contributed by atoms with Crippen LogP contribution in [0.1, 0.15) is 6.92 Å². The predicted molar refractivity (Wildman–Crippen MR) is 66.7 cm³/mol. The molecule has 0 radical (unpaired) electrons. The Labute approximate surface area is 102 Å². The normalized spacial score (nSPS) is 11.5. The molecule has 0 fully saturated rings. The van der Waals surface area contributed by atoms with Crippen LogP contribution in [0.15, 0.2) is 24.3 Å². The number of carbonyl (C=O) groups is 2. The second-order valence-corrected chi connectivity index (χ2v) is 3.84. The minimum atomic E-state index is -1.00. The summed E-state index contributed by atoms with van der Waals surface area (Å²) in [5.41, 5.74) is 0. The molecule has 0 spiro atoms. The molecule has 0 rings (SSSR count). The summed E-state index contributed by atoms with van der Waals surface area (Å²) < 4.78 is 0. The third-order valence-corrected chi connectivity index (χ3v) is 2.00. The summed E-state index contributed by atoms with van der Waals surface area (Å²) in [6, 6.07) is 0. The molecule has 0 atom stereocenters. The van der Waals surface area contributed by atoms with Gasteiger partial charge in [-0.1, -0.05) is 18.2 Å². The largest absolute Gasteiger partial charge is 0.480 e. The van der Waals surface area contributed by atoms with Gasteiger partial charge in [-0.15, -0.1) is 0 Å². The van der Waals surface area contributed by atoms with Crippen LogP contribution in [0.5, 0.6) is 0 Å². The Morgan fingerprint density at radius 2 is 1.82 bits per heavy atom. The topological polar surface area (TPSA) is 60.9 Å². The molecule has 0 unspecified atom stereocenters. The number of likely N-dealkylation sites (N-methyl/N-ethyl adjacent to an activating group) is 1. The number of carboxylic acids is 1. The standard InChI is InChI=1S/C12H20N2O3/c1-4-5-6-7-11(15)14(10-12(16)17)9-8-13(2)3/h4-7H,8-10H2,1-3H3,(H,16,17). The summed E-state index contributed by atoms with van der Waals surface area (Å²) in [5, 5.41) is 8.72. The number of amides is 1. The van der Waals surface area contributed by atoms with Crippen LogP contribution < -0.4 is 0 Å². The van der Waals surface area contributed by atoms with Crippen molar-refractivity contribution in [1.29, 1.82) is 0 Å². The van der Waals surface area contributed by atoms with Gasteiger partial charge in [0.2, 0.25) is 5.91 Å². The molecule has 0 aliphatic carbocycles.